The molecule has 0 spiro atoms. The molecule has 1 aliphatic rings. The first-order chi connectivity index (χ1) is 7.34. The van der Waals surface area contributed by atoms with Crippen LogP contribution in [0.4, 0.5) is 0 Å². The van der Waals surface area contributed by atoms with Crippen LogP contribution < -0.4 is 5.73 Å². The summed E-state index contributed by atoms with van der Waals surface area (Å²) in [6, 6.07) is 7.87. The highest BCUT2D eigenvalue weighted by molar-refractivity contribution is 5.72. The minimum absolute atomic E-state index is 0.0268. The van der Waals surface area contributed by atoms with Crippen molar-refractivity contribution in [2.75, 3.05) is 6.54 Å². The Morgan fingerprint density at radius 2 is 2.13 bits per heavy atom. The van der Waals surface area contributed by atoms with Gasteiger partial charge in [0.1, 0.15) is 5.52 Å². The van der Waals surface area contributed by atoms with Crippen molar-refractivity contribution in [3.8, 4) is 0 Å². The van der Waals surface area contributed by atoms with Crippen molar-refractivity contribution in [3.63, 3.8) is 0 Å². The molecule has 15 heavy (non-hydrogen) atoms. The fraction of sp³-hybridized carbons (Fsp3) is 0.417. The highest BCUT2D eigenvalue weighted by Gasteiger charge is 2.41. The number of benzene rings is 1. The minimum atomic E-state index is 0.0268. The molecule has 1 fully saturated rings. The molecule has 1 aromatic carbocycles. The van der Waals surface area contributed by atoms with Crippen LogP contribution in [0.2, 0.25) is 0 Å². The average Bonchev–Trinajstić information content (AvgIpc) is 2.60. The van der Waals surface area contributed by atoms with Crippen LogP contribution in [0.3, 0.4) is 0 Å². The first-order valence-electron chi connectivity index (χ1n) is 5.40. The van der Waals surface area contributed by atoms with E-state index in [4.69, 9.17) is 10.2 Å². The smallest absolute Gasteiger partial charge is 0.202 e. The van der Waals surface area contributed by atoms with E-state index in [1.807, 2.05) is 24.3 Å². The Labute approximate surface area is 88.3 Å². The molecule has 3 rings (SSSR count). The lowest BCUT2D eigenvalue weighted by atomic mass is 9.69. The van der Waals surface area contributed by atoms with Gasteiger partial charge in [0.15, 0.2) is 5.58 Å². The number of rotatable bonds is 2. The quantitative estimate of drug-likeness (QED) is 0.812. The summed E-state index contributed by atoms with van der Waals surface area (Å²) in [7, 11) is 0. The molecule has 1 aromatic heterocycles. The summed E-state index contributed by atoms with van der Waals surface area (Å²) in [6.07, 6.45) is 3.45. The number of oxazole rings is 1. The van der Waals surface area contributed by atoms with Gasteiger partial charge in [0, 0.05) is 6.54 Å². The summed E-state index contributed by atoms with van der Waals surface area (Å²) in [5, 5.41) is 0. The Balaban J connectivity index is 2.11. The number of hydrogen-bond acceptors (Lipinski definition) is 3. The van der Waals surface area contributed by atoms with Gasteiger partial charge in [-0.1, -0.05) is 18.6 Å². The van der Waals surface area contributed by atoms with Crippen LogP contribution in [0.25, 0.3) is 11.1 Å². The maximum absolute atomic E-state index is 5.82. The molecule has 0 aliphatic heterocycles. The lowest BCUT2D eigenvalue weighted by molar-refractivity contribution is 0.203. The molecule has 1 heterocycles. The first kappa shape index (κ1) is 8.92. The Hall–Kier alpha value is -1.35. The van der Waals surface area contributed by atoms with E-state index < -0.39 is 0 Å². The molecule has 0 bridgehead atoms. The molecule has 3 heteroatoms. The van der Waals surface area contributed by atoms with Gasteiger partial charge in [-0.05, 0) is 25.0 Å². The standard InChI is InChI=1S/C12H14N2O/c13-8-12(6-3-7-12)11-14-9-4-1-2-5-10(9)15-11/h1-2,4-5H,3,6-8,13H2. The minimum Gasteiger partial charge on any atom is -0.440 e. The zero-order valence-corrected chi connectivity index (χ0v) is 8.57. The van der Waals surface area contributed by atoms with E-state index in [-0.39, 0.29) is 5.41 Å². The van der Waals surface area contributed by atoms with Gasteiger partial charge in [-0.2, -0.15) is 0 Å². The van der Waals surface area contributed by atoms with Gasteiger partial charge in [0.05, 0.1) is 5.41 Å². The van der Waals surface area contributed by atoms with Crippen LogP contribution in [-0.4, -0.2) is 11.5 Å². The summed E-state index contributed by atoms with van der Waals surface area (Å²) >= 11 is 0. The predicted octanol–water partition coefficient (Wildman–Crippen LogP) is 2.21. The van der Waals surface area contributed by atoms with Gasteiger partial charge in [0.2, 0.25) is 5.89 Å². The molecule has 2 N–H and O–H groups in total. The van der Waals surface area contributed by atoms with Crippen molar-refractivity contribution in [3.05, 3.63) is 30.2 Å². The fourth-order valence-electron chi connectivity index (χ4n) is 2.21. The molecule has 78 valence electrons. The number of para-hydroxylation sites is 2. The van der Waals surface area contributed by atoms with Crippen LogP contribution in [-0.2, 0) is 5.41 Å². The van der Waals surface area contributed by atoms with Crippen molar-refractivity contribution in [1.82, 2.24) is 4.98 Å². The Morgan fingerprint density at radius 1 is 1.33 bits per heavy atom. The number of nitrogens with zero attached hydrogens (tertiary/aromatic N) is 1. The molecule has 1 aliphatic carbocycles. The maximum Gasteiger partial charge on any atom is 0.202 e. The Bertz CT molecular complexity index is 447. The second-order valence-electron chi connectivity index (χ2n) is 4.32. The van der Waals surface area contributed by atoms with Crippen molar-refractivity contribution < 1.29 is 4.42 Å². The zero-order chi connectivity index (χ0) is 10.3. The lowest BCUT2D eigenvalue weighted by Crippen LogP contribution is -2.41. The van der Waals surface area contributed by atoms with Gasteiger partial charge in [-0.3, -0.25) is 0 Å². The topological polar surface area (TPSA) is 52.0 Å². The molecule has 0 saturated heterocycles. The third-order valence-electron chi connectivity index (χ3n) is 3.45. The average molecular weight is 202 g/mol. The summed E-state index contributed by atoms with van der Waals surface area (Å²) in [4.78, 5) is 4.53. The van der Waals surface area contributed by atoms with Crippen molar-refractivity contribution in [1.29, 1.82) is 0 Å². The van der Waals surface area contributed by atoms with Crippen molar-refractivity contribution in [2.24, 2.45) is 5.73 Å². The van der Waals surface area contributed by atoms with Gasteiger partial charge in [-0.15, -0.1) is 0 Å². The molecule has 1 saturated carbocycles. The molecule has 0 unspecified atom stereocenters. The zero-order valence-electron chi connectivity index (χ0n) is 8.57. The number of nitrogens with two attached hydrogens (primary N) is 1. The fourth-order valence-corrected chi connectivity index (χ4v) is 2.21. The number of aromatic nitrogens is 1. The largest absolute Gasteiger partial charge is 0.440 e. The third kappa shape index (κ3) is 1.20. The van der Waals surface area contributed by atoms with Crippen LogP contribution in [0.5, 0.6) is 0 Å². The van der Waals surface area contributed by atoms with E-state index >= 15 is 0 Å². The van der Waals surface area contributed by atoms with Crippen molar-refractivity contribution in [2.45, 2.75) is 24.7 Å². The lowest BCUT2D eigenvalue weighted by Gasteiger charge is -2.37. The third-order valence-corrected chi connectivity index (χ3v) is 3.45. The van der Waals surface area contributed by atoms with E-state index in [0.29, 0.717) is 6.54 Å². The number of hydrogen-bond donors (Lipinski definition) is 1. The summed E-state index contributed by atoms with van der Waals surface area (Å²) in [5.74, 6) is 0.831. The summed E-state index contributed by atoms with van der Waals surface area (Å²) < 4.78 is 5.78. The molecule has 2 aromatic rings. The van der Waals surface area contributed by atoms with E-state index in [2.05, 4.69) is 4.98 Å². The van der Waals surface area contributed by atoms with E-state index in [1.165, 1.54) is 6.42 Å². The van der Waals surface area contributed by atoms with Crippen LogP contribution in [0, 0.1) is 0 Å². The van der Waals surface area contributed by atoms with Crippen LogP contribution in [0.1, 0.15) is 25.2 Å². The Kier molecular flexibility index (Phi) is 1.83. The monoisotopic (exact) mass is 202 g/mol. The van der Waals surface area contributed by atoms with Gasteiger partial charge < -0.3 is 10.2 Å². The molecular formula is C12H14N2O. The van der Waals surface area contributed by atoms with E-state index in [0.717, 1.165) is 29.8 Å². The highest BCUT2D eigenvalue weighted by atomic mass is 16.3. The van der Waals surface area contributed by atoms with Crippen LogP contribution in [0.15, 0.2) is 28.7 Å². The van der Waals surface area contributed by atoms with E-state index in [1.54, 1.807) is 0 Å². The van der Waals surface area contributed by atoms with Crippen molar-refractivity contribution >= 4 is 11.1 Å². The maximum atomic E-state index is 5.82. The molecule has 3 nitrogen and oxygen atoms in total. The molecular weight excluding hydrogens is 188 g/mol. The van der Waals surface area contributed by atoms with Gasteiger partial charge in [0.25, 0.3) is 0 Å². The summed E-state index contributed by atoms with van der Waals surface area (Å²) in [5.41, 5.74) is 7.65. The second-order valence-corrected chi connectivity index (χ2v) is 4.32. The highest BCUT2D eigenvalue weighted by Crippen LogP contribution is 2.43. The SMILES string of the molecule is NCC1(c2nc3ccccc3o2)CCC1. The van der Waals surface area contributed by atoms with Gasteiger partial charge in [-0.25, -0.2) is 4.98 Å². The molecule has 0 atom stereocenters. The molecule has 0 amide bonds. The summed E-state index contributed by atoms with van der Waals surface area (Å²) in [6.45, 7) is 0.639. The van der Waals surface area contributed by atoms with Crippen LogP contribution >= 0.6 is 0 Å². The number of fused-ring (bicyclic) bond motifs is 1. The van der Waals surface area contributed by atoms with Gasteiger partial charge >= 0.3 is 0 Å². The predicted molar refractivity (Wildman–Crippen MR) is 58.6 cm³/mol. The second kappa shape index (κ2) is 3.07. The Morgan fingerprint density at radius 3 is 2.73 bits per heavy atom. The van der Waals surface area contributed by atoms with E-state index in [9.17, 15) is 0 Å². The molecule has 0 radical (unpaired) electrons. The first-order valence-corrected chi connectivity index (χ1v) is 5.40. The normalized spacial score (nSPS) is 19.0.